The molecule has 2 rings (SSSR count). The van der Waals surface area contributed by atoms with Crippen molar-refractivity contribution in [3.05, 3.63) is 29.8 Å². The van der Waals surface area contributed by atoms with Crippen molar-refractivity contribution in [2.24, 2.45) is 0 Å². The standard InChI is InChI=1S/C16H23NO3/c1-19-16(18)14-6-8-15(9-7-14)20-13-5-12-17-10-3-2-4-11-17/h6-9H,2-5,10-13H2,1H3. The second-order valence-electron chi connectivity index (χ2n) is 5.12. The van der Waals surface area contributed by atoms with Crippen LogP contribution in [0, 0.1) is 0 Å². The number of hydrogen-bond acceptors (Lipinski definition) is 4. The Bertz CT molecular complexity index is 410. The van der Waals surface area contributed by atoms with Gasteiger partial charge in [-0.1, -0.05) is 6.42 Å². The molecule has 4 nitrogen and oxygen atoms in total. The van der Waals surface area contributed by atoms with Crippen molar-refractivity contribution in [3.8, 4) is 5.75 Å². The average molecular weight is 277 g/mol. The van der Waals surface area contributed by atoms with Crippen molar-refractivity contribution in [3.63, 3.8) is 0 Å². The summed E-state index contributed by atoms with van der Waals surface area (Å²) >= 11 is 0. The predicted molar refractivity (Wildman–Crippen MR) is 78.2 cm³/mol. The number of carbonyl (C=O) groups is 1. The van der Waals surface area contributed by atoms with Gasteiger partial charge in [0.2, 0.25) is 0 Å². The molecule has 1 aliphatic heterocycles. The first-order chi connectivity index (χ1) is 9.79. The molecule has 0 amide bonds. The number of likely N-dealkylation sites (tertiary alicyclic amines) is 1. The topological polar surface area (TPSA) is 38.8 Å². The quantitative estimate of drug-likeness (QED) is 0.592. The summed E-state index contributed by atoms with van der Waals surface area (Å²) in [6, 6.07) is 7.08. The summed E-state index contributed by atoms with van der Waals surface area (Å²) < 4.78 is 10.3. The largest absolute Gasteiger partial charge is 0.494 e. The van der Waals surface area contributed by atoms with E-state index >= 15 is 0 Å². The van der Waals surface area contributed by atoms with E-state index in [-0.39, 0.29) is 5.97 Å². The van der Waals surface area contributed by atoms with Crippen molar-refractivity contribution in [2.45, 2.75) is 25.7 Å². The highest BCUT2D eigenvalue weighted by Gasteiger charge is 2.09. The van der Waals surface area contributed by atoms with Gasteiger partial charge in [-0.05, 0) is 56.6 Å². The fraction of sp³-hybridized carbons (Fsp3) is 0.562. The normalized spacial score (nSPS) is 15.8. The summed E-state index contributed by atoms with van der Waals surface area (Å²) in [6.45, 7) is 4.29. The van der Waals surface area contributed by atoms with Crippen LogP contribution in [0.5, 0.6) is 5.75 Å². The molecular weight excluding hydrogens is 254 g/mol. The maximum Gasteiger partial charge on any atom is 0.337 e. The van der Waals surface area contributed by atoms with Gasteiger partial charge in [-0.15, -0.1) is 0 Å². The van der Waals surface area contributed by atoms with Gasteiger partial charge in [0.05, 0.1) is 19.3 Å². The number of hydrogen-bond donors (Lipinski definition) is 0. The number of carbonyl (C=O) groups excluding carboxylic acids is 1. The van der Waals surface area contributed by atoms with E-state index in [0.29, 0.717) is 12.2 Å². The molecule has 0 spiro atoms. The molecule has 1 aromatic carbocycles. The van der Waals surface area contributed by atoms with Crippen LogP contribution in [-0.2, 0) is 4.74 Å². The van der Waals surface area contributed by atoms with Crippen LogP contribution in [0.4, 0.5) is 0 Å². The zero-order valence-electron chi connectivity index (χ0n) is 12.1. The van der Waals surface area contributed by atoms with E-state index in [9.17, 15) is 4.79 Å². The molecule has 0 aliphatic carbocycles. The Morgan fingerprint density at radius 1 is 1.15 bits per heavy atom. The Morgan fingerprint density at radius 2 is 1.85 bits per heavy atom. The molecule has 4 heteroatoms. The van der Waals surface area contributed by atoms with Crippen LogP contribution in [0.25, 0.3) is 0 Å². The third-order valence-electron chi connectivity index (χ3n) is 3.61. The highest BCUT2D eigenvalue weighted by Crippen LogP contribution is 2.13. The second-order valence-corrected chi connectivity index (χ2v) is 5.12. The van der Waals surface area contributed by atoms with Crippen LogP contribution < -0.4 is 4.74 Å². The summed E-state index contributed by atoms with van der Waals surface area (Å²) in [5.41, 5.74) is 0.549. The molecule has 1 aromatic rings. The molecule has 1 aliphatic rings. The molecule has 1 heterocycles. The number of benzene rings is 1. The van der Waals surface area contributed by atoms with Gasteiger partial charge in [0.15, 0.2) is 0 Å². The third-order valence-corrected chi connectivity index (χ3v) is 3.61. The second kappa shape index (κ2) is 7.90. The van der Waals surface area contributed by atoms with E-state index in [2.05, 4.69) is 9.64 Å². The molecule has 20 heavy (non-hydrogen) atoms. The summed E-state index contributed by atoms with van der Waals surface area (Å²) in [7, 11) is 1.38. The van der Waals surface area contributed by atoms with Gasteiger partial charge < -0.3 is 14.4 Å². The van der Waals surface area contributed by atoms with Gasteiger partial charge in [0.1, 0.15) is 5.75 Å². The molecule has 110 valence electrons. The number of ether oxygens (including phenoxy) is 2. The summed E-state index contributed by atoms with van der Waals surface area (Å²) in [4.78, 5) is 13.8. The summed E-state index contributed by atoms with van der Waals surface area (Å²) in [6.07, 6.45) is 5.07. The summed E-state index contributed by atoms with van der Waals surface area (Å²) in [5, 5.41) is 0. The van der Waals surface area contributed by atoms with Crippen LogP contribution in [0.15, 0.2) is 24.3 Å². The first kappa shape index (κ1) is 14.9. The highest BCUT2D eigenvalue weighted by atomic mass is 16.5. The van der Waals surface area contributed by atoms with Gasteiger partial charge >= 0.3 is 5.97 Å². The lowest BCUT2D eigenvalue weighted by molar-refractivity contribution is 0.0600. The van der Waals surface area contributed by atoms with Gasteiger partial charge in [-0.25, -0.2) is 4.79 Å². The average Bonchev–Trinajstić information content (AvgIpc) is 2.52. The number of rotatable bonds is 6. The van der Waals surface area contributed by atoms with Crippen molar-refractivity contribution < 1.29 is 14.3 Å². The fourth-order valence-electron chi connectivity index (χ4n) is 2.47. The monoisotopic (exact) mass is 277 g/mol. The van der Waals surface area contributed by atoms with Crippen LogP contribution in [0.3, 0.4) is 0 Å². The zero-order valence-corrected chi connectivity index (χ0v) is 12.1. The van der Waals surface area contributed by atoms with E-state index in [1.165, 1.54) is 39.5 Å². The number of piperidine rings is 1. The number of esters is 1. The highest BCUT2D eigenvalue weighted by molar-refractivity contribution is 5.89. The third kappa shape index (κ3) is 4.53. The minimum atomic E-state index is -0.318. The van der Waals surface area contributed by atoms with E-state index in [4.69, 9.17) is 4.74 Å². The lowest BCUT2D eigenvalue weighted by Crippen LogP contribution is -2.31. The fourth-order valence-corrected chi connectivity index (χ4v) is 2.47. The molecule has 1 fully saturated rings. The first-order valence-corrected chi connectivity index (χ1v) is 7.33. The summed E-state index contributed by atoms with van der Waals surface area (Å²) in [5.74, 6) is 0.484. The van der Waals surface area contributed by atoms with Crippen LogP contribution in [0.2, 0.25) is 0 Å². The molecule has 0 atom stereocenters. The van der Waals surface area contributed by atoms with Gasteiger partial charge in [-0.3, -0.25) is 0 Å². The van der Waals surface area contributed by atoms with E-state index in [0.717, 1.165) is 18.7 Å². The molecule has 0 N–H and O–H groups in total. The van der Waals surface area contributed by atoms with E-state index in [1.54, 1.807) is 12.1 Å². The number of nitrogens with zero attached hydrogens (tertiary/aromatic N) is 1. The van der Waals surface area contributed by atoms with Gasteiger partial charge in [-0.2, -0.15) is 0 Å². The lowest BCUT2D eigenvalue weighted by atomic mass is 10.1. The molecule has 0 unspecified atom stereocenters. The maximum atomic E-state index is 11.3. The SMILES string of the molecule is COC(=O)c1ccc(OCCCN2CCCCC2)cc1. The van der Waals surface area contributed by atoms with Gasteiger partial charge in [0, 0.05) is 6.54 Å². The molecule has 0 bridgehead atoms. The first-order valence-electron chi connectivity index (χ1n) is 7.33. The van der Waals surface area contributed by atoms with Gasteiger partial charge in [0.25, 0.3) is 0 Å². The Hall–Kier alpha value is -1.55. The minimum Gasteiger partial charge on any atom is -0.494 e. The Morgan fingerprint density at radius 3 is 2.50 bits per heavy atom. The van der Waals surface area contributed by atoms with Crippen LogP contribution in [-0.4, -0.2) is 44.2 Å². The van der Waals surface area contributed by atoms with Crippen LogP contribution in [0.1, 0.15) is 36.0 Å². The number of methoxy groups -OCH3 is 1. The van der Waals surface area contributed by atoms with Crippen molar-refractivity contribution in [2.75, 3.05) is 33.4 Å². The molecule has 0 saturated carbocycles. The lowest BCUT2D eigenvalue weighted by Gasteiger charge is -2.26. The Labute approximate surface area is 120 Å². The Balaban J connectivity index is 1.67. The maximum absolute atomic E-state index is 11.3. The molecule has 0 radical (unpaired) electrons. The molecule has 1 saturated heterocycles. The predicted octanol–water partition coefficient (Wildman–Crippen LogP) is 2.73. The molecular formula is C16H23NO3. The van der Waals surface area contributed by atoms with Crippen molar-refractivity contribution in [1.29, 1.82) is 0 Å². The van der Waals surface area contributed by atoms with Crippen LogP contribution >= 0.6 is 0 Å². The Kier molecular flexibility index (Phi) is 5.87. The van der Waals surface area contributed by atoms with Crippen molar-refractivity contribution >= 4 is 5.97 Å². The zero-order chi connectivity index (χ0) is 14.2. The molecule has 0 aromatic heterocycles. The minimum absolute atomic E-state index is 0.318. The smallest absolute Gasteiger partial charge is 0.337 e. The van der Waals surface area contributed by atoms with E-state index in [1.807, 2.05) is 12.1 Å². The van der Waals surface area contributed by atoms with E-state index < -0.39 is 0 Å². The van der Waals surface area contributed by atoms with Crippen molar-refractivity contribution in [1.82, 2.24) is 4.90 Å².